The number of nitrogens with zero attached hydrogens (tertiary/aromatic N) is 1. The molecule has 1 saturated heterocycles. The first-order chi connectivity index (χ1) is 3.71. The monoisotopic (exact) mass is 132 g/mol. The van der Waals surface area contributed by atoms with Gasteiger partial charge in [0.05, 0.1) is 27.2 Å². The molecule has 56 valence electrons. The first-order valence-electron chi connectivity index (χ1n) is 3.23. The normalized spacial score (nSPS) is 24.7. The van der Waals surface area contributed by atoms with Crippen LogP contribution in [0.25, 0.3) is 0 Å². The van der Waals surface area contributed by atoms with Crippen molar-refractivity contribution < 1.29 is 9.96 Å². The van der Waals surface area contributed by atoms with E-state index >= 15 is 0 Å². The SMILES string of the molecule is C[N+]1(C)CCNCC1.[OH-]. The van der Waals surface area contributed by atoms with E-state index < -0.39 is 0 Å². The second kappa shape index (κ2) is 3.15. The molecule has 0 unspecified atom stereocenters. The summed E-state index contributed by atoms with van der Waals surface area (Å²) in [5.41, 5.74) is 0. The molecule has 1 aliphatic rings. The zero-order valence-electron chi connectivity index (χ0n) is 6.22. The van der Waals surface area contributed by atoms with Crippen molar-refractivity contribution in [3.63, 3.8) is 0 Å². The fourth-order valence-corrected chi connectivity index (χ4v) is 1.00. The molecule has 1 aliphatic heterocycles. The first-order valence-corrected chi connectivity index (χ1v) is 3.23. The Morgan fingerprint density at radius 2 is 1.56 bits per heavy atom. The molecule has 0 saturated carbocycles. The van der Waals surface area contributed by atoms with E-state index in [2.05, 4.69) is 19.4 Å². The minimum atomic E-state index is 0. The van der Waals surface area contributed by atoms with Crippen LogP contribution in [0.15, 0.2) is 0 Å². The summed E-state index contributed by atoms with van der Waals surface area (Å²) in [7, 11) is 4.56. The highest BCUT2D eigenvalue weighted by Gasteiger charge is 2.17. The van der Waals surface area contributed by atoms with Gasteiger partial charge in [0, 0.05) is 13.1 Å². The number of hydrogen-bond acceptors (Lipinski definition) is 2. The second-order valence-corrected chi connectivity index (χ2v) is 3.13. The van der Waals surface area contributed by atoms with E-state index in [1.807, 2.05) is 0 Å². The average Bonchev–Trinajstić information content (AvgIpc) is 1.65. The van der Waals surface area contributed by atoms with Crippen molar-refractivity contribution in [2.75, 3.05) is 40.3 Å². The Kier molecular flexibility index (Phi) is 3.11. The average molecular weight is 132 g/mol. The molecule has 0 aromatic carbocycles. The highest BCUT2D eigenvalue weighted by atomic mass is 16.0. The van der Waals surface area contributed by atoms with E-state index in [0.29, 0.717) is 0 Å². The Bertz CT molecular complexity index is 75.1. The molecular weight excluding hydrogens is 116 g/mol. The summed E-state index contributed by atoms with van der Waals surface area (Å²) in [5, 5.41) is 3.32. The van der Waals surface area contributed by atoms with Gasteiger partial charge in [0.15, 0.2) is 0 Å². The number of quaternary nitrogens is 1. The molecule has 2 N–H and O–H groups in total. The predicted octanol–water partition coefficient (Wildman–Crippen LogP) is -0.511. The second-order valence-electron chi connectivity index (χ2n) is 3.13. The zero-order valence-corrected chi connectivity index (χ0v) is 6.22. The lowest BCUT2D eigenvalue weighted by atomic mass is 10.3. The molecule has 0 radical (unpaired) electrons. The molecule has 0 aromatic heterocycles. The number of nitrogens with one attached hydrogen (secondary N) is 1. The molecule has 1 fully saturated rings. The lowest BCUT2D eigenvalue weighted by Gasteiger charge is -2.33. The van der Waals surface area contributed by atoms with Crippen LogP contribution >= 0.6 is 0 Å². The maximum atomic E-state index is 3.32. The molecule has 1 heterocycles. The summed E-state index contributed by atoms with van der Waals surface area (Å²) in [4.78, 5) is 0. The van der Waals surface area contributed by atoms with E-state index in [-0.39, 0.29) is 5.48 Å². The topological polar surface area (TPSA) is 42.0 Å². The van der Waals surface area contributed by atoms with Gasteiger partial charge in [-0.1, -0.05) is 0 Å². The molecule has 0 aliphatic carbocycles. The Hall–Kier alpha value is -0.120. The van der Waals surface area contributed by atoms with Crippen molar-refractivity contribution >= 4 is 0 Å². The standard InChI is InChI=1S/C6H15N2.H2O/c1-8(2)5-3-7-4-6-8;/h7H,3-6H2,1-2H3;1H2/q+1;/p-1. The first kappa shape index (κ1) is 8.88. The fourth-order valence-electron chi connectivity index (χ4n) is 1.00. The van der Waals surface area contributed by atoms with Gasteiger partial charge in [-0.15, -0.1) is 0 Å². The minimum absolute atomic E-state index is 0. The quantitative estimate of drug-likeness (QED) is 0.451. The molecule has 3 heteroatoms. The number of rotatable bonds is 0. The van der Waals surface area contributed by atoms with Crippen LogP contribution in [0.5, 0.6) is 0 Å². The highest BCUT2D eigenvalue weighted by molar-refractivity contribution is 4.51. The molecule has 0 amide bonds. The van der Waals surface area contributed by atoms with Crippen molar-refractivity contribution in [3.05, 3.63) is 0 Å². The maximum Gasteiger partial charge on any atom is 0.0909 e. The fraction of sp³-hybridized carbons (Fsp3) is 1.00. The third-order valence-electron chi connectivity index (χ3n) is 1.79. The van der Waals surface area contributed by atoms with Crippen LogP contribution in [0.2, 0.25) is 0 Å². The summed E-state index contributed by atoms with van der Waals surface area (Å²) >= 11 is 0. The van der Waals surface area contributed by atoms with Gasteiger partial charge >= 0.3 is 0 Å². The molecular formula is C6H16N2O. The number of hydrogen-bond donors (Lipinski definition) is 1. The third-order valence-corrected chi connectivity index (χ3v) is 1.79. The van der Waals surface area contributed by atoms with Gasteiger partial charge < -0.3 is 15.3 Å². The van der Waals surface area contributed by atoms with Crippen molar-refractivity contribution in [2.24, 2.45) is 0 Å². The van der Waals surface area contributed by atoms with E-state index in [0.717, 1.165) is 0 Å². The van der Waals surface area contributed by atoms with E-state index in [1.165, 1.54) is 30.7 Å². The molecule has 0 bridgehead atoms. The Labute approximate surface area is 56.6 Å². The summed E-state index contributed by atoms with van der Waals surface area (Å²) in [6, 6.07) is 0. The predicted molar refractivity (Wildman–Crippen MR) is 36.6 cm³/mol. The third kappa shape index (κ3) is 2.79. The molecule has 9 heavy (non-hydrogen) atoms. The largest absolute Gasteiger partial charge is 0.870 e. The molecule has 0 atom stereocenters. The summed E-state index contributed by atoms with van der Waals surface area (Å²) in [5.74, 6) is 0. The summed E-state index contributed by atoms with van der Waals surface area (Å²) < 4.78 is 1.19. The summed E-state index contributed by atoms with van der Waals surface area (Å²) in [6.45, 7) is 4.93. The Morgan fingerprint density at radius 3 is 1.78 bits per heavy atom. The highest BCUT2D eigenvalue weighted by Crippen LogP contribution is 1.96. The lowest BCUT2D eigenvalue weighted by molar-refractivity contribution is -0.891. The molecule has 0 spiro atoms. The zero-order chi connectivity index (χ0) is 6.04. The smallest absolute Gasteiger partial charge is 0.0909 e. The van der Waals surface area contributed by atoms with Crippen LogP contribution in [0.1, 0.15) is 0 Å². The van der Waals surface area contributed by atoms with Crippen LogP contribution in [-0.2, 0) is 0 Å². The van der Waals surface area contributed by atoms with Crippen molar-refractivity contribution in [1.82, 2.24) is 5.32 Å². The molecule has 3 nitrogen and oxygen atoms in total. The summed E-state index contributed by atoms with van der Waals surface area (Å²) in [6.07, 6.45) is 0. The van der Waals surface area contributed by atoms with Gasteiger partial charge in [0.1, 0.15) is 0 Å². The van der Waals surface area contributed by atoms with Crippen LogP contribution < -0.4 is 5.32 Å². The van der Waals surface area contributed by atoms with E-state index in [1.54, 1.807) is 0 Å². The van der Waals surface area contributed by atoms with Crippen molar-refractivity contribution in [1.29, 1.82) is 0 Å². The van der Waals surface area contributed by atoms with Gasteiger partial charge in [-0.05, 0) is 0 Å². The van der Waals surface area contributed by atoms with Gasteiger partial charge in [-0.2, -0.15) is 0 Å². The van der Waals surface area contributed by atoms with Crippen molar-refractivity contribution in [2.45, 2.75) is 0 Å². The Morgan fingerprint density at radius 1 is 1.11 bits per heavy atom. The molecule has 1 rings (SSSR count). The van der Waals surface area contributed by atoms with Gasteiger partial charge in [0.2, 0.25) is 0 Å². The Balaban J connectivity index is 0.000000640. The van der Waals surface area contributed by atoms with Gasteiger partial charge in [-0.3, -0.25) is 0 Å². The minimum Gasteiger partial charge on any atom is -0.870 e. The maximum absolute atomic E-state index is 3.32. The van der Waals surface area contributed by atoms with Gasteiger partial charge in [0.25, 0.3) is 0 Å². The lowest BCUT2D eigenvalue weighted by Crippen LogP contribution is -2.53. The number of piperazine rings is 1. The van der Waals surface area contributed by atoms with E-state index in [4.69, 9.17) is 0 Å². The van der Waals surface area contributed by atoms with E-state index in [9.17, 15) is 0 Å². The van der Waals surface area contributed by atoms with Crippen LogP contribution in [0.3, 0.4) is 0 Å². The number of likely N-dealkylation sites (N-methyl/N-ethyl adjacent to an activating group) is 1. The van der Waals surface area contributed by atoms with Crippen LogP contribution in [0.4, 0.5) is 0 Å². The van der Waals surface area contributed by atoms with Crippen molar-refractivity contribution in [3.8, 4) is 0 Å². The van der Waals surface area contributed by atoms with Crippen LogP contribution in [-0.4, -0.2) is 50.2 Å². The van der Waals surface area contributed by atoms with Crippen LogP contribution in [0, 0.1) is 0 Å². The van der Waals surface area contributed by atoms with Gasteiger partial charge in [-0.25, -0.2) is 0 Å². The molecule has 0 aromatic rings.